The van der Waals surface area contributed by atoms with Gasteiger partial charge in [0.2, 0.25) is 0 Å². The van der Waals surface area contributed by atoms with E-state index in [-0.39, 0.29) is 23.5 Å². The molecular weight excluding hydrogens is 444 g/mol. The van der Waals surface area contributed by atoms with Crippen LogP contribution in [0.5, 0.6) is 0 Å². The number of carbonyl (C=O) groups excluding carboxylic acids is 4. The maximum Gasteiger partial charge on any atom is 0.329 e. The number of esters is 1. The summed E-state index contributed by atoms with van der Waals surface area (Å²) in [7, 11) is 0. The highest BCUT2D eigenvalue weighted by Gasteiger charge is 2.43. The molecule has 35 heavy (non-hydrogen) atoms. The quantitative estimate of drug-likeness (QED) is 0.385. The highest BCUT2D eigenvalue weighted by molar-refractivity contribution is 6.22. The lowest BCUT2D eigenvalue weighted by Gasteiger charge is -2.25. The molecule has 7 nitrogen and oxygen atoms in total. The van der Waals surface area contributed by atoms with Gasteiger partial charge in [0.25, 0.3) is 17.7 Å². The van der Waals surface area contributed by atoms with E-state index >= 15 is 0 Å². The summed E-state index contributed by atoms with van der Waals surface area (Å²) in [6.45, 7) is 3.22. The molecule has 0 aromatic heterocycles. The molecule has 0 saturated carbocycles. The highest BCUT2D eigenvalue weighted by atomic mass is 16.5. The molecular formula is C28H26N2O5. The van der Waals surface area contributed by atoms with Crippen molar-refractivity contribution >= 4 is 29.4 Å². The van der Waals surface area contributed by atoms with Gasteiger partial charge in [0, 0.05) is 11.3 Å². The fraction of sp³-hybridized carbons (Fsp3) is 0.214. The van der Waals surface area contributed by atoms with E-state index in [0.717, 1.165) is 16.0 Å². The minimum absolute atomic E-state index is 0.00318. The van der Waals surface area contributed by atoms with Crippen molar-refractivity contribution in [3.63, 3.8) is 0 Å². The predicted molar refractivity (Wildman–Crippen MR) is 132 cm³/mol. The molecule has 0 radical (unpaired) electrons. The standard InChI is InChI=1S/C28H26N2O5/c1-18(2)16-24(30-26(32)21-13-6-7-14-22(21)27(30)33)28(34)35-17-25(31)29-23-15-9-8-12-20(23)19-10-4-3-5-11-19/h3-15,18,24H,16-17H2,1-2H3,(H,29,31). The molecule has 4 rings (SSSR count). The predicted octanol–water partition coefficient (Wildman–Crippen LogP) is 4.55. The van der Waals surface area contributed by atoms with Crippen LogP contribution >= 0.6 is 0 Å². The van der Waals surface area contributed by atoms with Crippen LogP contribution in [0.2, 0.25) is 0 Å². The number of imide groups is 1. The lowest BCUT2D eigenvalue weighted by atomic mass is 10.0. The first kappa shape index (κ1) is 23.9. The molecule has 0 saturated heterocycles. The average molecular weight is 471 g/mol. The zero-order chi connectivity index (χ0) is 24.9. The van der Waals surface area contributed by atoms with E-state index in [1.807, 2.05) is 56.3 Å². The van der Waals surface area contributed by atoms with Crippen LogP contribution in [0, 0.1) is 5.92 Å². The Labute approximate surface area is 203 Å². The molecule has 178 valence electrons. The first-order chi connectivity index (χ1) is 16.9. The molecule has 0 aliphatic carbocycles. The minimum atomic E-state index is -1.12. The van der Waals surface area contributed by atoms with Crippen molar-refractivity contribution < 1.29 is 23.9 Å². The van der Waals surface area contributed by atoms with Crippen LogP contribution in [0.1, 0.15) is 41.0 Å². The monoisotopic (exact) mass is 470 g/mol. The fourth-order valence-electron chi connectivity index (χ4n) is 4.13. The summed E-state index contributed by atoms with van der Waals surface area (Å²) in [5.74, 6) is -2.38. The Morgan fingerprint density at radius 1 is 0.800 bits per heavy atom. The number of anilines is 1. The number of hydrogen-bond donors (Lipinski definition) is 1. The number of nitrogens with one attached hydrogen (secondary N) is 1. The van der Waals surface area contributed by atoms with E-state index in [2.05, 4.69) is 5.32 Å². The third kappa shape index (κ3) is 5.14. The van der Waals surface area contributed by atoms with Crippen molar-refractivity contribution in [2.45, 2.75) is 26.3 Å². The number of benzene rings is 3. The van der Waals surface area contributed by atoms with Gasteiger partial charge >= 0.3 is 5.97 Å². The van der Waals surface area contributed by atoms with Crippen molar-refractivity contribution in [2.24, 2.45) is 5.92 Å². The van der Waals surface area contributed by atoms with Gasteiger partial charge in [0.15, 0.2) is 6.61 Å². The molecule has 1 N–H and O–H groups in total. The van der Waals surface area contributed by atoms with Crippen LogP contribution < -0.4 is 5.32 Å². The molecule has 3 amide bonds. The molecule has 1 aliphatic rings. The molecule has 3 aromatic carbocycles. The summed E-state index contributed by atoms with van der Waals surface area (Å²) < 4.78 is 5.30. The van der Waals surface area contributed by atoms with Crippen LogP contribution in [0.15, 0.2) is 78.9 Å². The summed E-state index contributed by atoms with van der Waals surface area (Å²) in [5.41, 5.74) is 2.86. The van der Waals surface area contributed by atoms with Gasteiger partial charge in [-0.1, -0.05) is 74.5 Å². The third-order valence-corrected chi connectivity index (χ3v) is 5.74. The Hall–Kier alpha value is -4.26. The Morgan fingerprint density at radius 2 is 1.34 bits per heavy atom. The normalized spacial score (nSPS) is 13.5. The lowest BCUT2D eigenvalue weighted by Crippen LogP contribution is -2.46. The third-order valence-electron chi connectivity index (χ3n) is 5.74. The lowest BCUT2D eigenvalue weighted by molar-refractivity contribution is -0.151. The van der Waals surface area contributed by atoms with Gasteiger partial charge in [-0.2, -0.15) is 0 Å². The van der Waals surface area contributed by atoms with Gasteiger partial charge in [-0.15, -0.1) is 0 Å². The number of hydrogen-bond acceptors (Lipinski definition) is 5. The van der Waals surface area contributed by atoms with Crippen LogP contribution in [0.3, 0.4) is 0 Å². The van der Waals surface area contributed by atoms with Crippen molar-refractivity contribution in [3.8, 4) is 11.1 Å². The molecule has 0 fully saturated rings. The summed E-state index contributed by atoms with van der Waals surface area (Å²) >= 11 is 0. The van der Waals surface area contributed by atoms with E-state index < -0.39 is 36.3 Å². The summed E-state index contributed by atoms with van der Waals surface area (Å²) in [4.78, 5) is 52.4. The first-order valence-electron chi connectivity index (χ1n) is 11.4. The van der Waals surface area contributed by atoms with Crippen molar-refractivity contribution in [2.75, 3.05) is 11.9 Å². The summed E-state index contributed by atoms with van der Waals surface area (Å²) in [5, 5.41) is 2.78. The molecule has 1 heterocycles. The van der Waals surface area contributed by atoms with Gasteiger partial charge in [0.1, 0.15) is 6.04 Å². The van der Waals surface area contributed by atoms with E-state index in [9.17, 15) is 19.2 Å². The fourth-order valence-corrected chi connectivity index (χ4v) is 4.13. The zero-order valence-corrected chi connectivity index (χ0v) is 19.6. The second-order valence-corrected chi connectivity index (χ2v) is 8.74. The number of para-hydroxylation sites is 1. The molecule has 1 aliphatic heterocycles. The first-order valence-corrected chi connectivity index (χ1v) is 11.4. The second-order valence-electron chi connectivity index (χ2n) is 8.74. The Bertz CT molecular complexity index is 1230. The van der Waals surface area contributed by atoms with Gasteiger partial charge in [0.05, 0.1) is 11.1 Å². The van der Waals surface area contributed by atoms with E-state index in [0.29, 0.717) is 5.69 Å². The SMILES string of the molecule is CC(C)CC(C(=O)OCC(=O)Nc1ccccc1-c1ccccc1)N1C(=O)c2ccccc2C1=O. The number of fused-ring (bicyclic) bond motifs is 1. The minimum Gasteiger partial charge on any atom is -0.454 e. The largest absolute Gasteiger partial charge is 0.454 e. The highest BCUT2D eigenvalue weighted by Crippen LogP contribution is 2.29. The topological polar surface area (TPSA) is 92.8 Å². The molecule has 1 atom stereocenters. The molecule has 0 bridgehead atoms. The van der Waals surface area contributed by atoms with Crippen molar-refractivity contribution in [3.05, 3.63) is 90.0 Å². The van der Waals surface area contributed by atoms with E-state index in [1.165, 1.54) is 0 Å². The van der Waals surface area contributed by atoms with Crippen molar-refractivity contribution in [1.82, 2.24) is 4.90 Å². The molecule has 1 unspecified atom stereocenters. The van der Waals surface area contributed by atoms with Crippen molar-refractivity contribution in [1.29, 1.82) is 0 Å². The summed E-state index contributed by atoms with van der Waals surface area (Å²) in [6.07, 6.45) is 0.225. The maximum absolute atomic E-state index is 13.0. The van der Waals surface area contributed by atoms with Crippen LogP contribution in [-0.2, 0) is 14.3 Å². The molecule has 3 aromatic rings. The smallest absolute Gasteiger partial charge is 0.329 e. The number of rotatable bonds is 8. The van der Waals surface area contributed by atoms with Crippen LogP contribution in [0.25, 0.3) is 11.1 Å². The van der Waals surface area contributed by atoms with Crippen LogP contribution in [0.4, 0.5) is 5.69 Å². The van der Waals surface area contributed by atoms with Gasteiger partial charge in [-0.05, 0) is 36.1 Å². The Kier molecular flexibility index (Phi) is 7.06. The van der Waals surface area contributed by atoms with Gasteiger partial charge < -0.3 is 10.1 Å². The maximum atomic E-state index is 13.0. The number of ether oxygens (including phenoxy) is 1. The van der Waals surface area contributed by atoms with Gasteiger partial charge in [-0.3, -0.25) is 19.3 Å². The van der Waals surface area contributed by atoms with E-state index in [1.54, 1.807) is 36.4 Å². The second kappa shape index (κ2) is 10.3. The number of amides is 3. The molecule has 0 spiro atoms. The Morgan fingerprint density at radius 3 is 1.94 bits per heavy atom. The average Bonchev–Trinajstić information content (AvgIpc) is 3.11. The van der Waals surface area contributed by atoms with Crippen LogP contribution in [-0.4, -0.2) is 41.2 Å². The Balaban J connectivity index is 1.46. The summed E-state index contributed by atoms with van der Waals surface area (Å²) in [6, 6.07) is 22.3. The van der Waals surface area contributed by atoms with E-state index in [4.69, 9.17) is 4.74 Å². The number of carbonyl (C=O) groups is 4. The zero-order valence-electron chi connectivity index (χ0n) is 19.6. The molecule has 7 heteroatoms. The number of nitrogens with zero attached hydrogens (tertiary/aromatic N) is 1. The van der Waals surface area contributed by atoms with Gasteiger partial charge in [-0.25, -0.2) is 4.79 Å².